The quantitative estimate of drug-likeness (QED) is 0.428. The molecule has 1 aromatic carbocycles. The van der Waals surface area contributed by atoms with Crippen molar-refractivity contribution >= 4 is 35.3 Å². The molecule has 0 atom stereocenters. The third kappa shape index (κ3) is 1.68. The van der Waals surface area contributed by atoms with Crippen molar-refractivity contribution in [3.8, 4) is 11.5 Å². The molecule has 2 N–H and O–H groups in total. The molecule has 0 aromatic heterocycles. The Morgan fingerprint density at radius 3 is 1.70 bits per heavy atom. The minimum Gasteiger partial charge on any atom is -0.507 e. The van der Waals surface area contributed by atoms with Crippen LogP contribution in [0, 0.1) is 0 Å². The number of amides is 2. The number of fused-ring (bicyclic) bond motifs is 1. The first-order chi connectivity index (χ1) is 9.41. The third-order valence-corrected chi connectivity index (χ3v) is 5.77. The number of carbonyl (C=O) groups is 2. The third-order valence-electron chi connectivity index (χ3n) is 3.13. The van der Waals surface area contributed by atoms with Crippen molar-refractivity contribution in [2.24, 2.45) is 0 Å². The van der Waals surface area contributed by atoms with Crippen LogP contribution in [0.4, 0.5) is 0 Å². The molecule has 3 rings (SSSR count). The monoisotopic (exact) mass is 310 g/mol. The molecule has 6 nitrogen and oxygen atoms in total. The van der Waals surface area contributed by atoms with Crippen molar-refractivity contribution in [2.45, 2.75) is 9.79 Å². The van der Waals surface area contributed by atoms with Gasteiger partial charge in [0.25, 0.3) is 11.8 Å². The molecule has 0 saturated carbocycles. The minimum absolute atomic E-state index is 0.0190. The average molecular weight is 310 g/mol. The molecule has 1 saturated heterocycles. The summed E-state index contributed by atoms with van der Waals surface area (Å²) in [5.74, 6) is -0.741. The van der Waals surface area contributed by atoms with Gasteiger partial charge >= 0.3 is 0 Å². The Balaban J connectivity index is 2.10. The van der Waals surface area contributed by atoms with Crippen molar-refractivity contribution in [3.63, 3.8) is 0 Å². The first kappa shape index (κ1) is 13.2. The summed E-state index contributed by atoms with van der Waals surface area (Å²) in [6.45, 7) is 0. The lowest BCUT2D eigenvalue weighted by Gasteiger charge is -2.16. The normalized spacial score (nSPS) is 18.3. The van der Waals surface area contributed by atoms with Gasteiger partial charge in [0.05, 0.1) is 14.0 Å². The SMILES string of the molecule is CN1C(=O)C(=C2Sc3c(O)ccc(O)c3S2)C(=O)N1C. The zero-order valence-electron chi connectivity index (χ0n) is 10.6. The van der Waals surface area contributed by atoms with Crippen molar-refractivity contribution < 1.29 is 19.8 Å². The van der Waals surface area contributed by atoms with Crippen LogP contribution in [0.2, 0.25) is 0 Å². The number of hydrazine groups is 1. The average Bonchev–Trinajstić information content (AvgIpc) is 2.93. The molecule has 1 fully saturated rings. The number of likely N-dealkylation sites (N-methyl/N-ethyl adjacent to an activating group) is 2. The number of phenolic OH excluding ortho intramolecular Hbond substituents is 2. The van der Waals surface area contributed by atoms with E-state index in [9.17, 15) is 19.8 Å². The van der Waals surface area contributed by atoms with Gasteiger partial charge in [-0.25, -0.2) is 0 Å². The zero-order chi connectivity index (χ0) is 14.6. The zero-order valence-corrected chi connectivity index (χ0v) is 12.2. The van der Waals surface area contributed by atoms with Crippen molar-refractivity contribution in [1.29, 1.82) is 0 Å². The van der Waals surface area contributed by atoms with E-state index in [0.717, 1.165) is 23.5 Å². The van der Waals surface area contributed by atoms with Crippen LogP contribution in [-0.2, 0) is 9.59 Å². The van der Waals surface area contributed by atoms with Crippen LogP contribution in [0.3, 0.4) is 0 Å². The van der Waals surface area contributed by atoms with E-state index in [2.05, 4.69) is 0 Å². The second-order valence-corrected chi connectivity index (χ2v) is 6.59. The fourth-order valence-electron chi connectivity index (χ4n) is 1.91. The number of phenols is 2. The van der Waals surface area contributed by atoms with Crippen molar-refractivity contribution in [2.75, 3.05) is 14.1 Å². The van der Waals surface area contributed by atoms with E-state index in [4.69, 9.17) is 0 Å². The summed E-state index contributed by atoms with van der Waals surface area (Å²) >= 11 is 2.25. The fraction of sp³-hybridized carbons (Fsp3) is 0.167. The van der Waals surface area contributed by atoms with Gasteiger partial charge in [-0.1, -0.05) is 23.5 Å². The van der Waals surface area contributed by atoms with Gasteiger partial charge < -0.3 is 10.2 Å². The molecule has 104 valence electrons. The highest BCUT2D eigenvalue weighted by molar-refractivity contribution is 8.25. The molecule has 2 aliphatic rings. The number of aromatic hydroxyl groups is 2. The van der Waals surface area contributed by atoms with Crippen LogP contribution in [0.15, 0.2) is 31.7 Å². The van der Waals surface area contributed by atoms with Crippen molar-refractivity contribution in [3.05, 3.63) is 21.9 Å². The highest BCUT2D eigenvalue weighted by Crippen LogP contribution is 2.58. The number of benzene rings is 1. The van der Waals surface area contributed by atoms with Crippen LogP contribution < -0.4 is 0 Å². The number of nitrogens with zero attached hydrogens (tertiary/aromatic N) is 2. The summed E-state index contributed by atoms with van der Waals surface area (Å²) < 4.78 is 0.475. The van der Waals surface area contributed by atoms with Crippen LogP contribution in [0.1, 0.15) is 0 Å². The van der Waals surface area contributed by atoms with Crippen LogP contribution in [0.25, 0.3) is 0 Å². The molecule has 2 aliphatic heterocycles. The molecule has 0 aliphatic carbocycles. The smallest absolute Gasteiger partial charge is 0.279 e. The molecule has 1 aromatic rings. The maximum Gasteiger partial charge on any atom is 0.279 e. The first-order valence-electron chi connectivity index (χ1n) is 5.62. The number of hydrogen-bond acceptors (Lipinski definition) is 6. The topological polar surface area (TPSA) is 81.1 Å². The van der Waals surface area contributed by atoms with Crippen molar-refractivity contribution in [1.82, 2.24) is 10.0 Å². The minimum atomic E-state index is -0.390. The Bertz CT molecular complexity index is 631. The number of carbonyl (C=O) groups excluding carboxylic acids is 2. The second kappa shape index (κ2) is 4.35. The maximum atomic E-state index is 12.1. The summed E-state index contributed by atoms with van der Waals surface area (Å²) in [6, 6.07) is 2.76. The van der Waals surface area contributed by atoms with Crippen LogP contribution >= 0.6 is 23.5 Å². The predicted molar refractivity (Wildman–Crippen MR) is 74.1 cm³/mol. The molecule has 8 heteroatoms. The molecule has 2 heterocycles. The fourth-order valence-corrected chi connectivity index (χ4v) is 4.49. The Hall–Kier alpha value is -1.80. The van der Waals surface area contributed by atoms with Gasteiger partial charge in [-0.3, -0.25) is 19.6 Å². The summed E-state index contributed by atoms with van der Waals surface area (Å²) in [6.07, 6.45) is 0. The molecular formula is C12H10N2O4S2. The van der Waals surface area contributed by atoms with E-state index >= 15 is 0 Å². The van der Waals surface area contributed by atoms with E-state index in [0.29, 0.717) is 14.0 Å². The molecule has 0 unspecified atom stereocenters. The van der Waals surface area contributed by atoms with E-state index in [-0.39, 0.29) is 28.9 Å². The first-order valence-corrected chi connectivity index (χ1v) is 7.26. The lowest BCUT2D eigenvalue weighted by atomic mass is 10.3. The number of hydrogen-bond donors (Lipinski definition) is 2. The Labute approximate surface area is 123 Å². The predicted octanol–water partition coefficient (Wildman–Crippen LogP) is 1.35. The highest BCUT2D eigenvalue weighted by atomic mass is 32.2. The molecular weight excluding hydrogens is 300 g/mol. The van der Waals surface area contributed by atoms with Crippen LogP contribution in [0.5, 0.6) is 11.5 Å². The second-order valence-electron chi connectivity index (χ2n) is 4.29. The highest BCUT2D eigenvalue weighted by Gasteiger charge is 2.41. The maximum absolute atomic E-state index is 12.1. The molecule has 0 radical (unpaired) electrons. The van der Waals surface area contributed by atoms with Gasteiger partial charge in [-0.2, -0.15) is 0 Å². The van der Waals surface area contributed by atoms with Gasteiger partial charge in [0, 0.05) is 14.1 Å². The van der Waals surface area contributed by atoms with Gasteiger partial charge in [-0.15, -0.1) is 0 Å². The molecule has 0 bridgehead atoms. The number of rotatable bonds is 0. The Morgan fingerprint density at radius 2 is 1.30 bits per heavy atom. The summed E-state index contributed by atoms with van der Waals surface area (Å²) in [5.41, 5.74) is 0.0694. The summed E-state index contributed by atoms with van der Waals surface area (Å²) in [7, 11) is 3.03. The van der Waals surface area contributed by atoms with Crippen LogP contribution in [-0.4, -0.2) is 46.1 Å². The lowest BCUT2D eigenvalue weighted by Crippen LogP contribution is -2.33. The van der Waals surface area contributed by atoms with Gasteiger partial charge in [0.1, 0.15) is 17.1 Å². The molecule has 0 spiro atoms. The van der Waals surface area contributed by atoms with E-state index in [1.807, 2.05) is 0 Å². The van der Waals surface area contributed by atoms with E-state index in [1.54, 1.807) is 0 Å². The largest absolute Gasteiger partial charge is 0.507 e. The van der Waals surface area contributed by atoms with Gasteiger partial charge in [0.15, 0.2) is 0 Å². The molecule has 2 amide bonds. The van der Waals surface area contributed by atoms with Gasteiger partial charge in [0.2, 0.25) is 0 Å². The summed E-state index contributed by atoms with van der Waals surface area (Å²) in [5, 5.41) is 22.0. The van der Waals surface area contributed by atoms with Gasteiger partial charge in [-0.05, 0) is 12.1 Å². The van der Waals surface area contributed by atoms with E-state index in [1.165, 1.54) is 36.2 Å². The Morgan fingerprint density at radius 1 is 0.900 bits per heavy atom. The van der Waals surface area contributed by atoms with E-state index < -0.39 is 0 Å². The lowest BCUT2D eigenvalue weighted by molar-refractivity contribution is -0.141. The standard InChI is InChI=1S/C12H10N2O4S2/c1-13-10(17)7(11(18)14(13)2)12-19-8-5(15)3-4-6(16)9(8)20-12/h3-4,15-16H,1-2H3. The number of thioether (sulfide) groups is 2. The Kier molecular flexibility index (Phi) is 2.87. The summed E-state index contributed by atoms with van der Waals surface area (Å²) in [4.78, 5) is 25.1. The molecule has 20 heavy (non-hydrogen) atoms.